The fourth-order valence-electron chi connectivity index (χ4n) is 2.87. The summed E-state index contributed by atoms with van der Waals surface area (Å²) < 4.78 is 38.0. The Morgan fingerprint density at radius 3 is 2.39 bits per heavy atom. The molecule has 2 heterocycles. The molecule has 0 radical (unpaired) electrons. The highest BCUT2D eigenvalue weighted by atomic mass is 32.2. The number of hydrogen-bond acceptors (Lipinski definition) is 7. The molecule has 1 aliphatic heterocycles. The topological polar surface area (TPSA) is 103 Å². The largest absolute Gasteiger partial charge is 0.420 e. The molecule has 4 rings (SSSR count). The number of aromatic nitrogens is 2. The van der Waals surface area contributed by atoms with Gasteiger partial charge in [0.05, 0.1) is 10.5 Å². The van der Waals surface area contributed by atoms with Crippen molar-refractivity contribution < 1.29 is 22.4 Å². The van der Waals surface area contributed by atoms with E-state index >= 15 is 0 Å². The lowest BCUT2D eigenvalue weighted by atomic mass is 10.1. The third-order valence-corrected chi connectivity index (χ3v) is 6.05. The van der Waals surface area contributed by atoms with Gasteiger partial charge in [-0.1, -0.05) is 30.3 Å². The number of nitrogens with zero attached hydrogens (tertiary/aromatic N) is 3. The fourth-order valence-corrected chi connectivity index (χ4v) is 4.26. The number of hydrogen-bond donors (Lipinski definition) is 0. The van der Waals surface area contributed by atoms with Crippen LogP contribution in [0.3, 0.4) is 0 Å². The molecule has 9 heteroatoms. The van der Waals surface area contributed by atoms with Crippen molar-refractivity contribution in [2.45, 2.75) is 11.8 Å². The number of fused-ring (bicyclic) bond motifs is 1. The Morgan fingerprint density at radius 2 is 1.71 bits per heavy atom. The number of aryl methyl sites for hydroxylation is 1. The van der Waals surface area contributed by atoms with Crippen LogP contribution in [0.5, 0.6) is 0 Å². The molecule has 0 amide bonds. The van der Waals surface area contributed by atoms with Crippen molar-refractivity contribution in [3.05, 3.63) is 77.5 Å². The van der Waals surface area contributed by atoms with Gasteiger partial charge in [0.15, 0.2) is 11.5 Å². The molecule has 2 aromatic carbocycles. The van der Waals surface area contributed by atoms with Crippen molar-refractivity contribution in [3.63, 3.8) is 0 Å². The normalized spacial score (nSPS) is 15.3. The maximum absolute atomic E-state index is 13.0. The summed E-state index contributed by atoms with van der Waals surface area (Å²) in [5, 5.41) is 7.68. The van der Waals surface area contributed by atoms with E-state index in [2.05, 4.69) is 10.2 Å². The first-order chi connectivity index (χ1) is 13.4. The van der Waals surface area contributed by atoms with E-state index in [0.717, 1.165) is 4.31 Å². The molecule has 0 N–H and O–H groups in total. The number of ether oxygens (including phenoxy) is 1. The summed E-state index contributed by atoms with van der Waals surface area (Å²) in [6.45, 7) is 1.58. The third kappa shape index (κ3) is 2.85. The van der Waals surface area contributed by atoms with Crippen LogP contribution < -0.4 is 0 Å². The van der Waals surface area contributed by atoms with E-state index in [0.29, 0.717) is 5.56 Å². The van der Waals surface area contributed by atoms with Crippen molar-refractivity contribution in [1.29, 1.82) is 0 Å². The first kappa shape index (κ1) is 17.9. The van der Waals surface area contributed by atoms with Gasteiger partial charge in [0, 0.05) is 19.5 Å². The van der Waals surface area contributed by atoms with E-state index in [1.165, 1.54) is 13.1 Å². The second-order valence-electron chi connectivity index (χ2n) is 6.03. The lowest BCUT2D eigenvalue weighted by molar-refractivity contribution is 0.0690. The zero-order chi connectivity index (χ0) is 19.9. The van der Waals surface area contributed by atoms with Crippen LogP contribution in [0.15, 0.2) is 63.9 Å². The predicted molar refractivity (Wildman–Crippen MR) is 99.1 cm³/mol. The Hall–Kier alpha value is -3.46. The number of carbonyl (C=O) groups is 1. The van der Waals surface area contributed by atoms with Gasteiger partial charge in [-0.3, -0.25) is 4.31 Å². The minimum atomic E-state index is -3.89. The van der Waals surface area contributed by atoms with Crippen LogP contribution in [0.4, 0.5) is 0 Å². The second kappa shape index (κ2) is 6.61. The van der Waals surface area contributed by atoms with Gasteiger partial charge in [-0.05, 0) is 24.3 Å². The average molecular weight is 397 g/mol. The summed E-state index contributed by atoms with van der Waals surface area (Å²) in [6, 6.07) is 14.7. The SMILES string of the molecule is Cc1nnc(C2=C(OC(=O)c3ccccc3)c3ccccc3S(=O)(=O)N2C)o1. The third-order valence-electron chi connectivity index (χ3n) is 4.23. The van der Waals surface area contributed by atoms with Crippen LogP contribution in [-0.2, 0) is 14.8 Å². The van der Waals surface area contributed by atoms with Crippen LogP contribution in [0.2, 0.25) is 0 Å². The van der Waals surface area contributed by atoms with Gasteiger partial charge in [0.25, 0.3) is 15.9 Å². The standard InChI is InChI=1S/C19H15N3O5S/c1-12-20-21-18(26-12)16-17(27-19(23)13-8-4-3-5-9-13)14-10-6-7-11-15(14)28(24,25)22(16)2/h3-11H,1-2H3. The molecule has 28 heavy (non-hydrogen) atoms. The highest BCUT2D eigenvalue weighted by molar-refractivity contribution is 7.89. The molecule has 0 unspecified atom stereocenters. The summed E-state index contributed by atoms with van der Waals surface area (Å²) in [4.78, 5) is 12.7. The van der Waals surface area contributed by atoms with Gasteiger partial charge >= 0.3 is 5.97 Å². The molecule has 3 aromatic rings. The second-order valence-corrected chi connectivity index (χ2v) is 7.97. The molecule has 1 aliphatic rings. The maximum atomic E-state index is 13.0. The van der Waals surface area contributed by atoms with Gasteiger partial charge in [0.2, 0.25) is 5.89 Å². The molecule has 0 aliphatic carbocycles. The van der Waals surface area contributed by atoms with E-state index in [1.54, 1.807) is 55.5 Å². The fraction of sp³-hybridized carbons (Fsp3) is 0.105. The Morgan fingerprint density at radius 1 is 1.04 bits per heavy atom. The minimum absolute atomic E-state index is 0.00332. The molecule has 142 valence electrons. The maximum Gasteiger partial charge on any atom is 0.343 e. The van der Waals surface area contributed by atoms with E-state index in [4.69, 9.17) is 9.15 Å². The Balaban J connectivity index is 1.94. The van der Waals surface area contributed by atoms with Gasteiger partial charge < -0.3 is 9.15 Å². The first-order valence-corrected chi connectivity index (χ1v) is 9.74. The van der Waals surface area contributed by atoms with Crippen molar-refractivity contribution in [2.24, 2.45) is 0 Å². The summed E-state index contributed by atoms with van der Waals surface area (Å²) in [5.41, 5.74) is 0.573. The van der Waals surface area contributed by atoms with E-state index < -0.39 is 16.0 Å². The quantitative estimate of drug-likeness (QED) is 0.626. The lowest BCUT2D eigenvalue weighted by Crippen LogP contribution is -2.31. The molecular formula is C19H15N3O5S. The lowest BCUT2D eigenvalue weighted by Gasteiger charge is -2.29. The summed E-state index contributed by atoms with van der Waals surface area (Å²) in [7, 11) is -2.54. The van der Waals surface area contributed by atoms with Crippen LogP contribution in [0.1, 0.15) is 27.7 Å². The Labute approximate surface area is 161 Å². The van der Waals surface area contributed by atoms with E-state index in [9.17, 15) is 13.2 Å². The minimum Gasteiger partial charge on any atom is -0.420 e. The molecule has 0 bridgehead atoms. The van der Waals surface area contributed by atoms with Gasteiger partial charge in [-0.2, -0.15) is 0 Å². The molecular weight excluding hydrogens is 382 g/mol. The van der Waals surface area contributed by atoms with E-state index in [1.807, 2.05) is 0 Å². The van der Waals surface area contributed by atoms with E-state index in [-0.39, 0.29) is 33.7 Å². The summed E-state index contributed by atoms with van der Waals surface area (Å²) >= 11 is 0. The molecule has 0 fully saturated rings. The van der Waals surface area contributed by atoms with Crippen LogP contribution in [0.25, 0.3) is 11.5 Å². The number of sulfonamides is 1. The molecule has 0 saturated heterocycles. The highest BCUT2D eigenvalue weighted by Crippen LogP contribution is 2.40. The zero-order valence-electron chi connectivity index (χ0n) is 15.0. The number of carbonyl (C=O) groups excluding carboxylic acids is 1. The van der Waals surface area contributed by atoms with Crippen molar-refractivity contribution in [2.75, 3.05) is 7.05 Å². The van der Waals surface area contributed by atoms with Crippen molar-refractivity contribution in [3.8, 4) is 0 Å². The van der Waals surface area contributed by atoms with Crippen molar-refractivity contribution in [1.82, 2.24) is 14.5 Å². The van der Waals surface area contributed by atoms with Crippen LogP contribution in [0, 0.1) is 6.92 Å². The molecule has 8 nitrogen and oxygen atoms in total. The molecule has 0 spiro atoms. The number of esters is 1. The van der Waals surface area contributed by atoms with Crippen LogP contribution >= 0.6 is 0 Å². The van der Waals surface area contributed by atoms with Crippen molar-refractivity contribution >= 4 is 27.4 Å². The van der Waals surface area contributed by atoms with Gasteiger partial charge in [-0.25, -0.2) is 13.2 Å². The number of benzene rings is 2. The van der Waals surface area contributed by atoms with Gasteiger partial charge in [0.1, 0.15) is 0 Å². The monoisotopic (exact) mass is 397 g/mol. The smallest absolute Gasteiger partial charge is 0.343 e. The summed E-state index contributed by atoms with van der Waals surface area (Å²) in [5.74, 6) is -0.410. The first-order valence-electron chi connectivity index (χ1n) is 8.30. The predicted octanol–water partition coefficient (Wildman–Crippen LogP) is 2.69. The Kier molecular flexibility index (Phi) is 4.23. The molecule has 0 saturated carbocycles. The van der Waals surface area contributed by atoms with Crippen LogP contribution in [-0.4, -0.2) is 35.9 Å². The molecule has 0 atom stereocenters. The highest BCUT2D eigenvalue weighted by Gasteiger charge is 2.39. The molecule has 1 aromatic heterocycles. The van der Waals surface area contributed by atoms with Gasteiger partial charge in [-0.15, -0.1) is 10.2 Å². The number of rotatable bonds is 3. The summed E-state index contributed by atoms with van der Waals surface area (Å²) in [6.07, 6.45) is 0. The zero-order valence-corrected chi connectivity index (χ0v) is 15.8. The Bertz CT molecular complexity index is 1200. The average Bonchev–Trinajstić information content (AvgIpc) is 3.13.